The molecule has 0 aliphatic carbocycles. The van der Waals surface area contributed by atoms with Crippen molar-refractivity contribution in [3.8, 4) is 11.3 Å². The molecule has 0 N–H and O–H groups in total. The van der Waals surface area contributed by atoms with Crippen molar-refractivity contribution in [2.45, 2.75) is 19.9 Å². The summed E-state index contributed by atoms with van der Waals surface area (Å²) in [5, 5.41) is 4.20. The van der Waals surface area contributed by atoms with Crippen molar-refractivity contribution in [2.24, 2.45) is 0 Å². The van der Waals surface area contributed by atoms with Crippen molar-refractivity contribution in [3.05, 3.63) is 70.4 Å². The Balaban J connectivity index is 1.97. The number of halogens is 1. The average molecular weight is 299 g/mol. The van der Waals surface area contributed by atoms with E-state index in [1.165, 1.54) is 22.9 Å². The molecule has 0 amide bonds. The number of nitrogens with zero attached hydrogens (tertiary/aromatic N) is 3. The number of benzene rings is 1. The maximum Gasteiger partial charge on any atom is 0.267 e. The predicted octanol–water partition coefficient (Wildman–Crippen LogP) is 2.65. The summed E-state index contributed by atoms with van der Waals surface area (Å²) in [5.74, 6) is 0.759. The van der Waals surface area contributed by atoms with Gasteiger partial charge in [-0.25, -0.2) is 14.1 Å². The summed E-state index contributed by atoms with van der Waals surface area (Å²) in [5.41, 5.74) is 0.439. The summed E-state index contributed by atoms with van der Waals surface area (Å²) < 4.78 is 20.5. The van der Waals surface area contributed by atoms with Gasteiger partial charge in [0.1, 0.15) is 18.1 Å². The maximum atomic E-state index is 13.8. The van der Waals surface area contributed by atoms with E-state index in [4.69, 9.17) is 4.42 Å². The van der Waals surface area contributed by atoms with Gasteiger partial charge in [0, 0.05) is 18.1 Å². The fourth-order valence-corrected chi connectivity index (χ4v) is 2.09. The second-order valence-electron chi connectivity index (χ2n) is 4.77. The molecule has 0 saturated carbocycles. The molecule has 112 valence electrons. The van der Waals surface area contributed by atoms with Crippen LogP contribution >= 0.6 is 0 Å². The zero-order valence-electron chi connectivity index (χ0n) is 12.0. The molecule has 0 radical (unpaired) electrons. The van der Waals surface area contributed by atoms with Gasteiger partial charge in [0.25, 0.3) is 5.56 Å². The molecule has 3 aromatic rings. The molecule has 0 aliphatic rings. The number of oxazole rings is 1. The van der Waals surface area contributed by atoms with Crippen LogP contribution in [0.25, 0.3) is 11.3 Å². The highest BCUT2D eigenvalue weighted by Crippen LogP contribution is 2.19. The molecule has 6 heteroatoms. The fraction of sp³-hybridized carbons (Fsp3) is 0.188. The van der Waals surface area contributed by atoms with Crippen molar-refractivity contribution >= 4 is 0 Å². The lowest BCUT2D eigenvalue weighted by atomic mass is 10.1. The summed E-state index contributed by atoms with van der Waals surface area (Å²) in [7, 11) is 0. The van der Waals surface area contributed by atoms with Crippen LogP contribution in [0.5, 0.6) is 0 Å². The monoisotopic (exact) mass is 299 g/mol. The van der Waals surface area contributed by atoms with Gasteiger partial charge in [-0.1, -0.05) is 19.1 Å². The van der Waals surface area contributed by atoms with Crippen LogP contribution in [0.2, 0.25) is 0 Å². The summed E-state index contributed by atoms with van der Waals surface area (Å²) in [6.45, 7) is 2.06. The van der Waals surface area contributed by atoms with Gasteiger partial charge in [0.2, 0.25) is 5.89 Å². The van der Waals surface area contributed by atoms with Crippen LogP contribution in [-0.2, 0) is 13.0 Å². The Bertz CT molecular complexity index is 854. The van der Waals surface area contributed by atoms with E-state index in [9.17, 15) is 9.18 Å². The van der Waals surface area contributed by atoms with Crippen LogP contribution in [0.1, 0.15) is 18.6 Å². The van der Waals surface area contributed by atoms with Gasteiger partial charge in [-0.05, 0) is 18.2 Å². The molecule has 0 aliphatic heterocycles. The lowest BCUT2D eigenvalue weighted by Gasteiger charge is -2.06. The predicted molar refractivity (Wildman–Crippen MR) is 78.9 cm³/mol. The first-order valence-electron chi connectivity index (χ1n) is 6.94. The van der Waals surface area contributed by atoms with E-state index in [-0.39, 0.29) is 17.9 Å². The quantitative estimate of drug-likeness (QED) is 0.743. The minimum atomic E-state index is -0.385. The summed E-state index contributed by atoms with van der Waals surface area (Å²) >= 11 is 0. The second-order valence-corrected chi connectivity index (χ2v) is 4.77. The largest absolute Gasteiger partial charge is 0.444 e. The molecule has 0 saturated heterocycles. The van der Waals surface area contributed by atoms with Crippen LogP contribution in [0.15, 0.2) is 51.8 Å². The zero-order valence-corrected chi connectivity index (χ0v) is 12.0. The molecule has 0 bridgehead atoms. The van der Waals surface area contributed by atoms with Crippen molar-refractivity contribution < 1.29 is 8.81 Å². The Labute approximate surface area is 126 Å². The first-order valence-corrected chi connectivity index (χ1v) is 6.94. The summed E-state index contributed by atoms with van der Waals surface area (Å²) in [6, 6.07) is 9.16. The molecule has 2 aromatic heterocycles. The molecule has 22 heavy (non-hydrogen) atoms. The number of rotatable bonds is 4. The number of aromatic nitrogens is 3. The zero-order chi connectivity index (χ0) is 15.5. The van der Waals surface area contributed by atoms with Crippen molar-refractivity contribution in [3.63, 3.8) is 0 Å². The molecule has 0 unspecified atom stereocenters. The molecule has 0 fully saturated rings. The third-order valence-corrected chi connectivity index (χ3v) is 3.25. The first-order chi connectivity index (χ1) is 10.7. The van der Waals surface area contributed by atoms with Gasteiger partial charge in [0.15, 0.2) is 0 Å². The lowest BCUT2D eigenvalue weighted by Crippen LogP contribution is -2.23. The van der Waals surface area contributed by atoms with E-state index in [1.807, 2.05) is 6.92 Å². The Morgan fingerprint density at radius 3 is 2.77 bits per heavy atom. The first kappa shape index (κ1) is 14.2. The Morgan fingerprint density at radius 1 is 1.23 bits per heavy atom. The number of hydrogen-bond donors (Lipinski definition) is 0. The summed E-state index contributed by atoms with van der Waals surface area (Å²) in [6.07, 6.45) is 2.35. The van der Waals surface area contributed by atoms with Gasteiger partial charge in [0.05, 0.1) is 11.9 Å². The van der Waals surface area contributed by atoms with E-state index in [0.717, 1.165) is 12.2 Å². The Hall–Kier alpha value is -2.76. The third-order valence-electron chi connectivity index (χ3n) is 3.25. The molecule has 2 heterocycles. The molecule has 5 nitrogen and oxygen atoms in total. The third kappa shape index (κ3) is 2.81. The van der Waals surface area contributed by atoms with E-state index < -0.39 is 0 Å². The van der Waals surface area contributed by atoms with E-state index in [1.54, 1.807) is 24.4 Å². The minimum Gasteiger partial charge on any atom is -0.444 e. The smallest absolute Gasteiger partial charge is 0.267 e. The van der Waals surface area contributed by atoms with Crippen molar-refractivity contribution in [1.82, 2.24) is 14.8 Å². The number of aryl methyl sites for hydroxylation is 1. The maximum absolute atomic E-state index is 13.8. The van der Waals surface area contributed by atoms with Crippen molar-refractivity contribution in [1.29, 1.82) is 0 Å². The highest BCUT2D eigenvalue weighted by Gasteiger charge is 2.10. The lowest BCUT2D eigenvalue weighted by molar-refractivity contribution is 0.431. The van der Waals surface area contributed by atoms with Gasteiger partial charge < -0.3 is 4.42 Å². The molecule has 1 aromatic carbocycles. The number of hydrogen-bond acceptors (Lipinski definition) is 4. The van der Waals surface area contributed by atoms with E-state index >= 15 is 0 Å². The van der Waals surface area contributed by atoms with E-state index in [0.29, 0.717) is 17.1 Å². The van der Waals surface area contributed by atoms with Crippen LogP contribution in [-0.4, -0.2) is 14.8 Å². The molecular weight excluding hydrogens is 285 g/mol. The van der Waals surface area contributed by atoms with Gasteiger partial charge in [-0.15, -0.1) is 0 Å². The van der Waals surface area contributed by atoms with E-state index in [2.05, 4.69) is 10.1 Å². The van der Waals surface area contributed by atoms with Gasteiger partial charge >= 0.3 is 0 Å². The summed E-state index contributed by atoms with van der Waals surface area (Å²) in [4.78, 5) is 16.0. The molecular formula is C16H14FN3O2. The molecule has 0 spiro atoms. The Morgan fingerprint density at radius 2 is 2.05 bits per heavy atom. The van der Waals surface area contributed by atoms with Gasteiger partial charge in [-0.3, -0.25) is 4.79 Å². The molecule has 0 atom stereocenters. The Kier molecular flexibility index (Phi) is 3.82. The van der Waals surface area contributed by atoms with Crippen LogP contribution < -0.4 is 5.56 Å². The molecule has 3 rings (SSSR count). The fourth-order valence-electron chi connectivity index (χ4n) is 2.09. The topological polar surface area (TPSA) is 60.9 Å². The van der Waals surface area contributed by atoms with Crippen molar-refractivity contribution in [2.75, 3.05) is 0 Å². The van der Waals surface area contributed by atoms with Crippen LogP contribution in [0.3, 0.4) is 0 Å². The SMILES string of the molecule is CCc1cnc(Cn2nc(-c3ccccc3F)ccc2=O)o1. The second kappa shape index (κ2) is 5.93. The van der Waals surface area contributed by atoms with Crippen LogP contribution in [0.4, 0.5) is 4.39 Å². The average Bonchev–Trinajstić information content (AvgIpc) is 2.98. The normalized spacial score (nSPS) is 10.8. The highest BCUT2D eigenvalue weighted by molar-refractivity contribution is 5.58. The minimum absolute atomic E-state index is 0.112. The van der Waals surface area contributed by atoms with Crippen LogP contribution in [0, 0.1) is 5.82 Å². The van der Waals surface area contributed by atoms with Gasteiger partial charge in [-0.2, -0.15) is 5.10 Å². The highest BCUT2D eigenvalue weighted by atomic mass is 19.1. The standard InChI is InChI=1S/C16H14FN3O2/c1-2-11-9-18-15(22-11)10-20-16(21)8-7-14(19-20)12-5-3-4-6-13(12)17/h3-9H,2,10H2,1H3.